The van der Waals surface area contributed by atoms with Crippen LogP contribution in [0.25, 0.3) is 11.4 Å². The maximum absolute atomic E-state index is 12.4. The van der Waals surface area contributed by atoms with E-state index in [1.165, 1.54) is 11.8 Å². The molecule has 0 aliphatic heterocycles. The van der Waals surface area contributed by atoms with Gasteiger partial charge in [-0.2, -0.15) is 0 Å². The van der Waals surface area contributed by atoms with Crippen molar-refractivity contribution < 1.29 is 14.0 Å². The lowest BCUT2D eigenvalue weighted by molar-refractivity contribution is -0.119. The van der Waals surface area contributed by atoms with Gasteiger partial charge >= 0.3 is 6.03 Å². The first-order chi connectivity index (χ1) is 13.9. The highest BCUT2D eigenvalue weighted by molar-refractivity contribution is 8.00. The number of urea groups is 1. The summed E-state index contributed by atoms with van der Waals surface area (Å²) in [6.07, 6.45) is 1.61. The first-order valence-corrected chi connectivity index (χ1v) is 10.1. The third-order valence-corrected chi connectivity index (χ3v) is 5.03. The van der Waals surface area contributed by atoms with Gasteiger partial charge in [0.05, 0.1) is 18.1 Å². The summed E-state index contributed by atoms with van der Waals surface area (Å²) in [6, 6.07) is 12.8. The lowest BCUT2D eigenvalue weighted by Gasteiger charge is -2.14. The first-order valence-electron chi connectivity index (χ1n) is 9.23. The Labute approximate surface area is 173 Å². The second-order valence-corrected chi connectivity index (χ2v) is 8.02. The van der Waals surface area contributed by atoms with Crippen LogP contribution in [0.3, 0.4) is 0 Å². The molecule has 2 aromatic heterocycles. The Bertz CT molecular complexity index is 954. The van der Waals surface area contributed by atoms with Gasteiger partial charge in [0, 0.05) is 11.6 Å². The summed E-state index contributed by atoms with van der Waals surface area (Å²) in [7, 11) is 0. The Morgan fingerprint density at radius 1 is 1.10 bits per heavy atom. The summed E-state index contributed by atoms with van der Waals surface area (Å²) in [6.45, 7) is 5.79. The SMILES string of the molecule is CC(C)NC(=O)NC(=O)[C@H](C)Sc1nnc(-c2ccccc2)n1Cc1ccco1. The van der Waals surface area contributed by atoms with E-state index in [2.05, 4.69) is 20.8 Å². The van der Waals surface area contributed by atoms with Crippen molar-refractivity contribution in [3.8, 4) is 11.4 Å². The number of benzene rings is 1. The number of imide groups is 1. The molecule has 3 amide bonds. The quantitative estimate of drug-likeness (QED) is 0.576. The molecule has 1 atom stereocenters. The van der Waals surface area contributed by atoms with Gasteiger partial charge in [-0.15, -0.1) is 10.2 Å². The highest BCUT2D eigenvalue weighted by atomic mass is 32.2. The smallest absolute Gasteiger partial charge is 0.321 e. The van der Waals surface area contributed by atoms with Crippen LogP contribution in [-0.2, 0) is 11.3 Å². The molecule has 0 aliphatic rings. The fourth-order valence-electron chi connectivity index (χ4n) is 2.60. The molecule has 29 heavy (non-hydrogen) atoms. The van der Waals surface area contributed by atoms with E-state index in [0.29, 0.717) is 17.5 Å². The van der Waals surface area contributed by atoms with Crippen molar-refractivity contribution in [3.05, 3.63) is 54.5 Å². The summed E-state index contributed by atoms with van der Waals surface area (Å²) in [5, 5.41) is 13.6. The molecule has 0 aliphatic carbocycles. The monoisotopic (exact) mass is 413 g/mol. The van der Waals surface area contributed by atoms with Crippen LogP contribution in [0.2, 0.25) is 0 Å². The van der Waals surface area contributed by atoms with Crippen LogP contribution in [0.15, 0.2) is 58.3 Å². The van der Waals surface area contributed by atoms with E-state index < -0.39 is 17.2 Å². The Kier molecular flexibility index (Phi) is 6.71. The van der Waals surface area contributed by atoms with Crippen molar-refractivity contribution in [2.75, 3.05) is 0 Å². The normalized spacial score (nSPS) is 12.0. The minimum Gasteiger partial charge on any atom is -0.467 e. The van der Waals surface area contributed by atoms with Crippen LogP contribution in [0.4, 0.5) is 4.79 Å². The molecule has 0 fully saturated rings. The zero-order valence-corrected chi connectivity index (χ0v) is 17.3. The standard InChI is InChI=1S/C20H23N5O3S/c1-13(2)21-19(27)22-18(26)14(3)29-20-24-23-17(15-8-5-4-6-9-15)25(20)12-16-10-7-11-28-16/h4-11,13-14H,12H2,1-3H3,(H2,21,22,26,27)/t14-/m0/s1. The highest BCUT2D eigenvalue weighted by Crippen LogP contribution is 2.27. The molecule has 2 heterocycles. The van der Waals surface area contributed by atoms with Crippen LogP contribution >= 0.6 is 11.8 Å². The summed E-state index contributed by atoms with van der Waals surface area (Å²) < 4.78 is 7.38. The van der Waals surface area contributed by atoms with E-state index in [0.717, 1.165) is 11.3 Å². The fourth-order valence-corrected chi connectivity index (χ4v) is 3.45. The molecular weight excluding hydrogens is 390 g/mol. The zero-order chi connectivity index (χ0) is 20.8. The molecule has 0 unspecified atom stereocenters. The maximum Gasteiger partial charge on any atom is 0.321 e. The Hall–Kier alpha value is -3.07. The van der Waals surface area contributed by atoms with Crippen LogP contribution in [0.1, 0.15) is 26.5 Å². The molecule has 0 saturated heterocycles. The molecule has 0 spiro atoms. The minimum atomic E-state index is -0.545. The van der Waals surface area contributed by atoms with Gasteiger partial charge in [0.1, 0.15) is 5.76 Å². The molecule has 0 saturated carbocycles. The van der Waals surface area contributed by atoms with Crippen molar-refractivity contribution in [3.63, 3.8) is 0 Å². The largest absolute Gasteiger partial charge is 0.467 e. The number of thioether (sulfide) groups is 1. The third-order valence-electron chi connectivity index (χ3n) is 3.95. The average Bonchev–Trinajstić information content (AvgIpc) is 3.32. The Morgan fingerprint density at radius 2 is 1.86 bits per heavy atom. The number of nitrogens with one attached hydrogen (secondary N) is 2. The number of carbonyl (C=O) groups is 2. The van der Waals surface area contributed by atoms with E-state index in [-0.39, 0.29) is 6.04 Å². The lowest BCUT2D eigenvalue weighted by atomic mass is 10.2. The zero-order valence-electron chi connectivity index (χ0n) is 16.5. The van der Waals surface area contributed by atoms with Crippen molar-refractivity contribution >= 4 is 23.7 Å². The number of furan rings is 1. The van der Waals surface area contributed by atoms with Crippen molar-refractivity contribution in [1.82, 2.24) is 25.4 Å². The molecule has 8 nitrogen and oxygen atoms in total. The molecule has 1 aromatic carbocycles. The molecule has 0 bridgehead atoms. The number of aromatic nitrogens is 3. The second-order valence-electron chi connectivity index (χ2n) is 6.72. The number of amides is 3. The number of carbonyl (C=O) groups excluding carboxylic acids is 2. The summed E-state index contributed by atoms with van der Waals surface area (Å²) >= 11 is 1.23. The molecule has 0 radical (unpaired) electrons. The van der Waals surface area contributed by atoms with Gasteiger partial charge in [0.2, 0.25) is 5.91 Å². The van der Waals surface area contributed by atoms with Crippen LogP contribution in [0.5, 0.6) is 0 Å². The third kappa shape index (κ3) is 5.47. The lowest BCUT2D eigenvalue weighted by Crippen LogP contribution is -2.45. The minimum absolute atomic E-state index is 0.0596. The van der Waals surface area contributed by atoms with E-state index in [1.807, 2.05) is 60.9 Å². The van der Waals surface area contributed by atoms with Gasteiger partial charge in [0.25, 0.3) is 0 Å². The molecular formula is C20H23N5O3S. The van der Waals surface area contributed by atoms with E-state index >= 15 is 0 Å². The number of hydrogen-bond donors (Lipinski definition) is 2. The molecule has 3 rings (SSSR count). The van der Waals surface area contributed by atoms with E-state index in [1.54, 1.807) is 13.2 Å². The van der Waals surface area contributed by atoms with Crippen molar-refractivity contribution in [2.24, 2.45) is 0 Å². The van der Waals surface area contributed by atoms with Crippen LogP contribution in [-0.4, -0.2) is 38.0 Å². The van der Waals surface area contributed by atoms with Crippen molar-refractivity contribution in [1.29, 1.82) is 0 Å². The number of nitrogens with zero attached hydrogens (tertiary/aromatic N) is 3. The topological polar surface area (TPSA) is 102 Å². The van der Waals surface area contributed by atoms with Crippen LogP contribution < -0.4 is 10.6 Å². The number of hydrogen-bond acceptors (Lipinski definition) is 6. The van der Waals surface area contributed by atoms with E-state index in [9.17, 15) is 9.59 Å². The second kappa shape index (κ2) is 9.42. The van der Waals surface area contributed by atoms with Gasteiger partial charge in [-0.25, -0.2) is 4.79 Å². The molecule has 2 N–H and O–H groups in total. The Morgan fingerprint density at radius 3 is 2.52 bits per heavy atom. The van der Waals surface area contributed by atoms with Crippen molar-refractivity contribution in [2.45, 2.75) is 43.8 Å². The van der Waals surface area contributed by atoms with E-state index in [4.69, 9.17) is 4.42 Å². The van der Waals surface area contributed by atoms with Gasteiger partial charge in [-0.1, -0.05) is 42.1 Å². The highest BCUT2D eigenvalue weighted by Gasteiger charge is 2.22. The molecule has 9 heteroatoms. The molecule has 3 aromatic rings. The molecule has 152 valence electrons. The summed E-state index contributed by atoms with van der Waals surface area (Å²) in [4.78, 5) is 24.2. The average molecular weight is 414 g/mol. The van der Waals surface area contributed by atoms with Gasteiger partial charge in [-0.05, 0) is 32.9 Å². The fraction of sp³-hybridized carbons (Fsp3) is 0.300. The summed E-state index contributed by atoms with van der Waals surface area (Å²) in [5.41, 5.74) is 0.909. The van der Waals surface area contributed by atoms with Gasteiger partial charge in [0.15, 0.2) is 11.0 Å². The predicted octanol–water partition coefficient (Wildman–Crippen LogP) is 3.30. The van der Waals surface area contributed by atoms with Gasteiger partial charge in [-0.3, -0.25) is 14.7 Å². The van der Waals surface area contributed by atoms with Gasteiger partial charge < -0.3 is 9.73 Å². The predicted molar refractivity (Wildman–Crippen MR) is 110 cm³/mol. The first kappa shape index (κ1) is 20.7. The number of rotatable bonds is 7. The summed E-state index contributed by atoms with van der Waals surface area (Å²) in [5.74, 6) is 1.02. The Balaban J connectivity index is 1.80. The maximum atomic E-state index is 12.4. The van der Waals surface area contributed by atoms with Crippen LogP contribution in [0, 0.1) is 0 Å².